The molecule has 5 nitrogen and oxygen atoms in total. The van der Waals surface area contributed by atoms with Gasteiger partial charge in [-0.25, -0.2) is 17.6 Å². The highest BCUT2D eigenvalue weighted by Crippen LogP contribution is 2.08. The third-order valence-electron chi connectivity index (χ3n) is 2.50. The zero-order valence-electron chi connectivity index (χ0n) is 11.3. The normalized spacial score (nSPS) is 10.7. The molecule has 19 heavy (non-hydrogen) atoms. The van der Waals surface area contributed by atoms with Crippen molar-refractivity contribution in [2.45, 2.75) is 25.3 Å². The fourth-order valence-corrected chi connectivity index (χ4v) is 1.86. The Morgan fingerprint density at radius 3 is 2.16 bits per heavy atom. The number of imidazole rings is 1. The van der Waals surface area contributed by atoms with Gasteiger partial charge in [0.25, 0.3) is 0 Å². The zero-order valence-corrected chi connectivity index (χ0v) is 12.1. The molecule has 1 heterocycles. The molecule has 2 aromatic rings. The lowest BCUT2D eigenvalue weighted by molar-refractivity contribution is -0.693. The Morgan fingerprint density at radius 1 is 1.26 bits per heavy atom. The number of rotatable bonds is 2. The summed E-state index contributed by atoms with van der Waals surface area (Å²) in [6, 6.07) is 5.78. The second-order valence-corrected chi connectivity index (χ2v) is 5.56. The molecule has 104 valence electrons. The van der Waals surface area contributed by atoms with E-state index in [1.165, 1.54) is 12.1 Å². The largest absolute Gasteiger partial charge is 0.744 e. The van der Waals surface area contributed by atoms with Gasteiger partial charge in [-0.2, -0.15) is 0 Å². The van der Waals surface area contributed by atoms with E-state index in [9.17, 15) is 13.0 Å². The quantitative estimate of drug-likeness (QED) is 0.614. The third kappa shape index (κ3) is 5.23. The van der Waals surface area contributed by atoms with Gasteiger partial charge in [-0.3, -0.25) is 0 Å². The third-order valence-corrected chi connectivity index (χ3v) is 3.35. The van der Waals surface area contributed by atoms with Gasteiger partial charge in [-0.1, -0.05) is 17.7 Å². The van der Waals surface area contributed by atoms with E-state index in [-0.39, 0.29) is 4.90 Å². The van der Waals surface area contributed by atoms with Crippen LogP contribution < -0.4 is 4.57 Å². The van der Waals surface area contributed by atoms with Crippen LogP contribution in [0, 0.1) is 6.92 Å². The molecular formula is C13H18N2O3S. The Hall–Kier alpha value is -1.66. The van der Waals surface area contributed by atoms with Crippen LogP contribution in [-0.2, 0) is 23.7 Å². The predicted octanol–water partition coefficient (Wildman–Crippen LogP) is 1.23. The Kier molecular flexibility index (Phi) is 5.26. The summed E-state index contributed by atoms with van der Waals surface area (Å²) < 4.78 is 35.3. The molecule has 0 N–H and O–H groups in total. The molecule has 2 rings (SSSR count). The average Bonchev–Trinajstić information content (AvgIpc) is 2.75. The molecule has 1 aromatic heterocycles. The summed E-state index contributed by atoms with van der Waals surface area (Å²) in [5, 5.41) is 0. The summed E-state index contributed by atoms with van der Waals surface area (Å²) in [7, 11) is -2.25. The van der Waals surface area contributed by atoms with Crippen LogP contribution in [0.4, 0.5) is 0 Å². The van der Waals surface area contributed by atoms with Crippen LogP contribution in [0.25, 0.3) is 0 Å². The lowest BCUT2D eigenvalue weighted by Crippen LogP contribution is -2.28. The van der Waals surface area contributed by atoms with Crippen molar-refractivity contribution in [3.05, 3.63) is 48.5 Å². The molecule has 0 radical (unpaired) electrons. The van der Waals surface area contributed by atoms with Crippen molar-refractivity contribution >= 4 is 10.1 Å². The van der Waals surface area contributed by atoms with Crippen LogP contribution in [0.3, 0.4) is 0 Å². The topological polar surface area (TPSA) is 66.0 Å². The van der Waals surface area contributed by atoms with Crippen molar-refractivity contribution < 1.29 is 17.5 Å². The van der Waals surface area contributed by atoms with Gasteiger partial charge < -0.3 is 4.55 Å². The second kappa shape index (κ2) is 6.49. The minimum absolute atomic E-state index is 0.178. The molecule has 6 heteroatoms. The maximum atomic E-state index is 10.4. The van der Waals surface area contributed by atoms with Crippen molar-refractivity contribution in [3.63, 3.8) is 0 Å². The summed E-state index contributed by atoms with van der Waals surface area (Å²) in [6.07, 6.45) is 6.14. The fraction of sp³-hybridized carbons (Fsp3) is 0.308. The molecule has 0 unspecified atom stereocenters. The van der Waals surface area contributed by atoms with E-state index < -0.39 is 10.1 Å². The smallest absolute Gasteiger partial charge is 0.243 e. The van der Waals surface area contributed by atoms with Gasteiger partial charge in [0.1, 0.15) is 22.5 Å². The molecular weight excluding hydrogens is 264 g/mol. The molecule has 1 aromatic carbocycles. The van der Waals surface area contributed by atoms with E-state index in [1.54, 1.807) is 12.1 Å². The molecule has 0 spiro atoms. The summed E-state index contributed by atoms with van der Waals surface area (Å²) >= 11 is 0. The molecule has 0 aliphatic heterocycles. The fourth-order valence-electron chi connectivity index (χ4n) is 1.39. The monoisotopic (exact) mass is 282 g/mol. The van der Waals surface area contributed by atoms with Gasteiger partial charge >= 0.3 is 0 Å². The predicted molar refractivity (Wildman–Crippen MR) is 70.4 cm³/mol. The maximum absolute atomic E-state index is 10.4. The SMILES string of the molecule is CC[n+]1ccn(C)c1.Cc1ccc(S(=O)(=O)[O-])cc1. The van der Waals surface area contributed by atoms with E-state index in [0.29, 0.717) is 0 Å². The standard InChI is InChI=1S/C7H8O3S.C6H11N2/c1-6-2-4-7(5-3-6)11(8,9)10;1-3-8-5-4-7(2)6-8/h2-5H,1H3,(H,8,9,10);4-6H,3H2,1-2H3/q;+1/p-1. The molecule has 0 bridgehead atoms. The Morgan fingerprint density at radius 2 is 1.84 bits per heavy atom. The van der Waals surface area contributed by atoms with Crippen molar-refractivity contribution in [2.24, 2.45) is 7.05 Å². The lowest BCUT2D eigenvalue weighted by atomic mass is 10.2. The van der Waals surface area contributed by atoms with Crippen LogP contribution in [0.5, 0.6) is 0 Å². The van der Waals surface area contributed by atoms with Crippen LogP contribution in [-0.4, -0.2) is 17.5 Å². The van der Waals surface area contributed by atoms with Crippen LogP contribution in [0.2, 0.25) is 0 Å². The molecule has 0 aliphatic rings. The molecule has 0 saturated carbocycles. The van der Waals surface area contributed by atoms with Gasteiger partial charge in [0.05, 0.1) is 18.5 Å². The Labute approximate surface area is 113 Å². The minimum atomic E-state index is -4.27. The van der Waals surface area contributed by atoms with E-state index in [4.69, 9.17) is 0 Å². The average molecular weight is 282 g/mol. The first kappa shape index (κ1) is 15.4. The van der Waals surface area contributed by atoms with Crippen LogP contribution in [0.1, 0.15) is 12.5 Å². The van der Waals surface area contributed by atoms with Gasteiger partial charge in [-0.15, -0.1) is 0 Å². The minimum Gasteiger partial charge on any atom is -0.744 e. The van der Waals surface area contributed by atoms with Gasteiger partial charge in [-0.05, 0) is 26.0 Å². The number of hydrogen-bond acceptors (Lipinski definition) is 3. The summed E-state index contributed by atoms with van der Waals surface area (Å²) in [5.41, 5.74) is 0.928. The number of aromatic nitrogens is 2. The first-order chi connectivity index (χ1) is 8.82. The van der Waals surface area contributed by atoms with E-state index in [0.717, 1.165) is 12.1 Å². The number of benzene rings is 1. The van der Waals surface area contributed by atoms with Crippen molar-refractivity contribution in [3.8, 4) is 0 Å². The summed E-state index contributed by atoms with van der Waals surface area (Å²) in [5.74, 6) is 0. The summed E-state index contributed by atoms with van der Waals surface area (Å²) in [4.78, 5) is -0.178. The number of aryl methyl sites for hydroxylation is 3. The second-order valence-electron chi connectivity index (χ2n) is 4.18. The maximum Gasteiger partial charge on any atom is 0.243 e. The van der Waals surface area contributed by atoms with Crippen LogP contribution in [0.15, 0.2) is 47.9 Å². The lowest BCUT2D eigenvalue weighted by Gasteiger charge is -2.05. The highest BCUT2D eigenvalue weighted by atomic mass is 32.2. The van der Waals surface area contributed by atoms with Gasteiger partial charge in [0.15, 0.2) is 0 Å². The molecule has 0 atom stereocenters. The Bertz CT molecular complexity index is 616. The molecule has 0 aliphatic carbocycles. The first-order valence-electron chi connectivity index (χ1n) is 5.86. The van der Waals surface area contributed by atoms with Crippen LogP contribution >= 0.6 is 0 Å². The molecule has 0 saturated heterocycles. The van der Waals surface area contributed by atoms with E-state index >= 15 is 0 Å². The van der Waals surface area contributed by atoms with E-state index in [2.05, 4.69) is 24.0 Å². The molecule has 0 fully saturated rings. The number of hydrogen-bond donors (Lipinski definition) is 0. The van der Waals surface area contributed by atoms with Crippen molar-refractivity contribution in [1.82, 2.24) is 4.57 Å². The first-order valence-corrected chi connectivity index (χ1v) is 7.27. The summed E-state index contributed by atoms with van der Waals surface area (Å²) in [6.45, 7) is 5.00. The van der Waals surface area contributed by atoms with E-state index in [1.807, 2.05) is 24.7 Å². The Balaban J connectivity index is 0.000000200. The highest BCUT2D eigenvalue weighted by molar-refractivity contribution is 7.85. The number of nitrogens with zero attached hydrogens (tertiary/aromatic N) is 2. The van der Waals surface area contributed by atoms with Gasteiger partial charge in [0.2, 0.25) is 6.33 Å². The highest BCUT2D eigenvalue weighted by Gasteiger charge is 1.97. The van der Waals surface area contributed by atoms with Crippen molar-refractivity contribution in [2.75, 3.05) is 0 Å². The van der Waals surface area contributed by atoms with Crippen molar-refractivity contribution in [1.29, 1.82) is 0 Å². The van der Waals surface area contributed by atoms with Gasteiger partial charge in [0, 0.05) is 0 Å². The molecule has 0 amide bonds. The zero-order chi connectivity index (χ0) is 14.5.